The van der Waals surface area contributed by atoms with E-state index in [1.165, 1.54) is 4.31 Å². The molecule has 1 aromatic carbocycles. The molecule has 9 nitrogen and oxygen atoms in total. The first-order chi connectivity index (χ1) is 15.2. The fourth-order valence-corrected chi connectivity index (χ4v) is 5.42. The first-order valence-electron chi connectivity index (χ1n) is 10.4. The van der Waals surface area contributed by atoms with Gasteiger partial charge in [0.15, 0.2) is 0 Å². The standard InChI is InChI=1S/C22H25N5O4S/c1-14-4-7-20(23-13-14)25-22(28)17-8-10-27(11-9-17)32(29,30)19-12-18(6-5-15(19)2)21-24-16(3)31-26-21/h4-7,12-13,17H,8-11H2,1-3H3,(H,23,25,28). The summed E-state index contributed by atoms with van der Waals surface area (Å²) in [5, 5.41) is 6.70. The van der Waals surface area contributed by atoms with Crippen LogP contribution >= 0.6 is 0 Å². The monoisotopic (exact) mass is 455 g/mol. The topological polar surface area (TPSA) is 118 Å². The van der Waals surface area contributed by atoms with Crippen molar-refractivity contribution in [2.75, 3.05) is 18.4 Å². The number of rotatable bonds is 5. The minimum absolute atomic E-state index is 0.135. The Morgan fingerprint density at radius 3 is 2.50 bits per heavy atom. The molecule has 1 saturated heterocycles. The van der Waals surface area contributed by atoms with Crippen LogP contribution in [0.2, 0.25) is 0 Å². The average molecular weight is 456 g/mol. The Hall–Kier alpha value is -3.11. The van der Waals surface area contributed by atoms with Crippen molar-refractivity contribution >= 4 is 21.7 Å². The Kier molecular flexibility index (Phi) is 6.07. The molecule has 1 amide bonds. The Morgan fingerprint density at radius 1 is 1.12 bits per heavy atom. The zero-order valence-corrected chi connectivity index (χ0v) is 19.0. The van der Waals surface area contributed by atoms with E-state index in [0.717, 1.165) is 5.56 Å². The van der Waals surface area contributed by atoms with E-state index < -0.39 is 10.0 Å². The molecule has 32 heavy (non-hydrogen) atoms. The fraction of sp³-hybridized carbons (Fsp3) is 0.364. The van der Waals surface area contributed by atoms with Crippen LogP contribution in [0.3, 0.4) is 0 Å². The molecule has 0 spiro atoms. The summed E-state index contributed by atoms with van der Waals surface area (Å²) in [5.74, 6) is 0.855. The molecule has 0 atom stereocenters. The van der Waals surface area contributed by atoms with E-state index in [2.05, 4.69) is 20.4 Å². The molecule has 1 fully saturated rings. The summed E-state index contributed by atoms with van der Waals surface area (Å²) in [6.45, 7) is 5.90. The minimum atomic E-state index is -3.73. The van der Waals surface area contributed by atoms with Gasteiger partial charge < -0.3 is 9.84 Å². The molecule has 168 valence electrons. The van der Waals surface area contributed by atoms with Crippen LogP contribution < -0.4 is 5.32 Å². The van der Waals surface area contributed by atoms with Gasteiger partial charge in [0.1, 0.15) is 5.82 Å². The Labute approximate surface area is 186 Å². The highest BCUT2D eigenvalue weighted by atomic mass is 32.2. The normalized spacial score (nSPS) is 15.6. The van der Waals surface area contributed by atoms with Gasteiger partial charge in [-0.25, -0.2) is 13.4 Å². The van der Waals surface area contributed by atoms with E-state index in [-0.39, 0.29) is 29.8 Å². The number of pyridine rings is 1. The van der Waals surface area contributed by atoms with Crippen LogP contribution in [0, 0.1) is 26.7 Å². The lowest BCUT2D eigenvalue weighted by Crippen LogP contribution is -2.41. The predicted molar refractivity (Wildman–Crippen MR) is 118 cm³/mol. The van der Waals surface area contributed by atoms with Crippen molar-refractivity contribution in [1.82, 2.24) is 19.4 Å². The smallest absolute Gasteiger partial charge is 0.243 e. The highest BCUT2D eigenvalue weighted by molar-refractivity contribution is 7.89. The molecule has 3 heterocycles. The quantitative estimate of drug-likeness (QED) is 0.628. The van der Waals surface area contributed by atoms with Gasteiger partial charge in [-0.1, -0.05) is 23.4 Å². The summed E-state index contributed by atoms with van der Waals surface area (Å²) < 4.78 is 33.1. The summed E-state index contributed by atoms with van der Waals surface area (Å²) >= 11 is 0. The maximum atomic E-state index is 13.3. The molecular formula is C22H25N5O4S. The van der Waals surface area contributed by atoms with Crippen LogP contribution in [0.15, 0.2) is 45.9 Å². The van der Waals surface area contributed by atoms with E-state index in [4.69, 9.17) is 4.52 Å². The van der Waals surface area contributed by atoms with Crippen LogP contribution in [-0.2, 0) is 14.8 Å². The number of aromatic nitrogens is 3. The maximum Gasteiger partial charge on any atom is 0.243 e. The lowest BCUT2D eigenvalue weighted by Gasteiger charge is -2.31. The highest BCUT2D eigenvalue weighted by Gasteiger charge is 2.33. The van der Waals surface area contributed by atoms with Crippen molar-refractivity contribution in [2.24, 2.45) is 5.92 Å². The van der Waals surface area contributed by atoms with Crippen LogP contribution in [0.5, 0.6) is 0 Å². The lowest BCUT2D eigenvalue weighted by molar-refractivity contribution is -0.120. The second-order valence-electron chi connectivity index (χ2n) is 8.01. The molecule has 0 aliphatic carbocycles. The Bertz CT molecular complexity index is 1230. The number of aryl methyl sites for hydroxylation is 3. The minimum Gasteiger partial charge on any atom is -0.339 e. The number of carbonyl (C=O) groups is 1. The Balaban J connectivity index is 1.46. The van der Waals surface area contributed by atoms with Gasteiger partial charge >= 0.3 is 0 Å². The van der Waals surface area contributed by atoms with Crippen molar-refractivity contribution in [3.63, 3.8) is 0 Å². The number of sulfonamides is 1. The van der Waals surface area contributed by atoms with E-state index in [0.29, 0.717) is 41.5 Å². The van der Waals surface area contributed by atoms with Gasteiger partial charge in [0.25, 0.3) is 0 Å². The van der Waals surface area contributed by atoms with Gasteiger partial charge in [0.2, 0.25) is 27.6 Å². The molecule has 4 rings (SSSR count). The average Bonchev–Trinajstić information content (AvgIpc) is 3.22. The SMILES string of the molecule is Cc1ccc(NC(=O)C2CCN(S(=O)(=O)c3cc(-c4noc(C)n4)ccc3C)CC2)nc1. The summed E-state index contributed by atoms with van der Waals surface area (Å²) in [7, 11) is -3.73. The number of amides is 1. The van der Waals surface area contributed by atoms with Gasteiger partial charge in [0, 0.05) is 37.7 Å². The zero-order valence-electron chi connectivity index (χ0n) is 18.2. The molecule has 3 aromatic rings. The first-order valence-corrected chi connectivity index (χ1v) is 11.8. The largest absolute Gasteiger partial charge is 0.339 e. The van der Waals surface area contributed by atoms with E-state index in [1.54, 1.807) is 44.3 Å². The van der Waals surface area contributed by atoms with E-state index in [9.17, 15) is 13.2 Å². The number of anilines is 1. The molecule has 0 saturated carbocycles. The third-order valence-electron chi connectivity index (χ3n) is 5.58. The van der Waals surface area contributed by atoms with Crippen molar-refractivity contribution < 1.29 is 17.7 Å². The first kappa shape index (κ1) is 22.1. The van der Waals surface area contributed by atoms with Gasteiger partial charge in [-0.2, -0.15) is 9.29 Å². The summed E-state index contributed by atoms with van der Waals surface area (Å²) in [6, 6.07) is 8.73. The molecule has 10 heteroatoms. The van der Waals surface area contributed by atoms with Crippen molar-refractivity contribution in [3.05, 3.63) is 53.5 Å². The number of hydrogen-bond donors (Lipinski definition) is 1. The molecule has 0 unspecified atom stereocenters. The predicted octanol–water partition coefficient (Wildman–Crippen LogP) is 3.10. The molecule has 2 aromatic heterocycles. The molecular weight excluding hydrogens is 430 g/mol. The molecule has 1 aliphatic heterocycles. The van der Waals surface area contributed by atoms with E-state index >= 15 is 0 Å². The maximum absolute atomic E-state index is 13.3. The van der Waals surface area contributed by atoms with Gasteiger partial charge in [0.05, 0.1) is 4.90 Å². The van der Waals surface area contributed by atoms with Crippen LogP contribution in [-0.4, -0.2) is 46.8 Å². The number of benzene rings is 1. The molecule has 1 N–H and O–H groups in total. The zero-order chi connectivity index (χ0) is 22.9. The third kappa shape index (κ3) is 4.56. The van der Waals surface area contributed by atoms with Crippen molar-refractivity contribution in [1.29, 1.82) is 0 Å². The van der Waals surface area contributed by atoms with Gasteiger partial charge in [-0.3, -0.25) is 4.79 Å². The summed E-state index contributed by atoms with van der Waals surface area (Å²) in [6.07, 6.45) is 2.58. The molecule has 0 bridgehead atoms. The number of nitrogens with one attached hydrogen (secondary N) is 1. The molecule has 1 aliphatic rings. The van der Waals surface area contributed by atoms with Crippen molar-refractivity contribution in [3.8, 4) is 11.4 Å². The van der Waals surface area contributed by atoms with Crippen LogP contribution in [0.25, 0.3) is 11.4 Å². The van der Waals surface area contributed by atoms with Crippen LogP contribution in [0.4, 0.5) is 5.82 Å². The fourth-order valence-electron chi connectivity index (χ4n) is 3.70. The third-order valence-corrected chi connectivity index (χ3v) is 7.62. The summed E-state index contributed by atoms with van der Waals surface area (Å²) in [4.78, 5) is 21.2. The second-order valence-corrected chi connectivity index (χ2v) is 9.91. The summed E-state index contributed by atoms with van der Waals surface area (Å²) in [5.41, 5.74) is 2.22. The Morgan fingerprint density at radius 2 is 1.88 bits per heavy atom. The number of hydrogen-bond acceptors (Lipinski definition) is 7. The lowest BCUT2D eigenvalue weighted by atomic mass is 9.97. The van der Waals surface area contributed by atoms with Crippen molar-refractivity contribution in [2.45, 2.75) is 38.5 Å². The number of carbonyl (C=O) groups excluding carboxylic acids is 1. The number of nitrogens with zero attached hydrogens (tertiary/aromatic N) is 4. The van der Waals surface area contributed by atoms with Crippen LogP contribution in [0.1, 0.15) is 29.9 Å². The molecule has 0 radical (unpaired) electrons. The van der Waals surface area contributed by atoms with Gasteiger partial charge in [-0.15, -0.1) is 0 Å². The van der Waals surface area contributed by atoms with E-state index in [1.807, 2.05) is 13.0 Å². The van der Waals surface area contributed by atoms with Gasteiger partial charge in [-0.05, 0) is 49.9 Å². The highest BCUT2D eigenvalue weighted by Crippen LogP contribution is 2.29. The number of piperidine rings is 1. The second kappa shape index (κ2) is 8.79.